The van der Waals surface area contributed by atoms with E-state index in [4.69, 9.17) is 0 Å². The van der Waals surface area contributed by atoms with Gasteiger partial charge in [0, 0.05) is 24.7 Å². The van der Waals surface area contributed by atoms with Crippen molar-refractivity contribution in [2.75, 3.05) is 17.1 Å². The second kappa shape index (κ2) is 9.62. The second-order valence-corrected chi connectivity index (χ2v) is 10.4. The molecule has 35 heavy (non-hydrogen) atoms. The van der Waals surface area contributed by atoms with Gasteiger partial charge in [0.1, 0.15) is 17.5 Å². The third-order valence-electron chi connectivity index (χ3n) is 4.92. The van der Waals surface area contributed by atoms with Crippen molar-refractivity contribution < 1.29 is 21.6 Å². The van der Waals surface area contributed by atoms with Crippen molar-refractivity contribution >= 4 is 33.0 Å². The lowest BCUT2D eigenvalue weighted by atomic mass is 10.1. The summed E-state index contributed by atoms with van der Waals surface area (Å²) < 4.78 is 70.2. The summed E-state index contributed by atoms with van der Waals surface area (Å²) in [7, 11) is -3.08. The average Bonchev–Trinajstić information content (AvgIpc) is 3.26. The standard InChI is InChI=1S/C23H20F3N5O2S2/c1-12(2)22-30-19(20(34-22)17-9-10-28-23(27-3)29-17)13-7-8-14(24)18(11-13)31-35(32,33)21-15(25)5-4-6-16(21)26/h4-12,31H,1-3H3,(H,27,28,29). The van der Waals surface area contributed by atoms with E-state index < -0.39 is 38.1 Å². The molecule has 0 radical (unpaired) electrons. The molecule has 0 aliphatic carbocycles. The SMILES string of the molecule is CNc1nccc(-c2sc(C(C)C)nc2-c2ccc(F)c(NS(=O)(=O)c3c(F)cccc3F)c2)n1. The number of thiazole rings is 1. The summed E-state index contributed by atoms with van der Waals surface area (Å²) in [5.74, 6) is -3.02. The molecular formula is C23H20F3N5O2S2. The number of halogens is 3. The highest BCUT2D eigenvalue weighted by molar-refractivity contribution is 7.92. The molecule has 0 spiro atoms. The lowest BCUT2D eigenvalue weighted by molar-refractivity contribution is 0.521. The van der Waals surface area contributed by atoms with E-state index in [2.05, 4.69) is 20.3 Å². The molecule has 0 saturated carbocycles. The first-order valence-electron chi connectivity index (χ1n) is 10.4. The molecule has 0 unspecified atom stereocenters. The predicted octanol–water partition coefficient (Wildman–Crippen LogP) is 5.65. The molecule has 7 nitrogen and oxygen atoms in total. The zero-order valence-electron chi connectivity index (χ0n) is 18.8. The van der Waals surface area contributed by atoms with Crippen molar-refractivity contribution in [3.8, 4) is 21.8 Å². The molecule has 2 aromatic heterocycles. The quantitative estimate of drug-likeness (QED) is 0.328. The molecule has 4 rings (SSSR count). The minimum atomic E-state index is -4.76. The summed E-state index contributed by atoms with van der Waals surface area (Å²) in [5, 5.41) is 3.66. The molecule has 4 aromatic rings. The fourth-order valence-corrected chi connectivity index (χ4v) is 5.50. The monoisotopic (exact) mass is 519 g/mol. The summed E-state index contributed by atoms with van der Waals surface area (Å²) in [6.45, 7) is 3.94. The smallest absolute Gasteiger partial charge is 0.267 e. The maximum absolute atomic E-state index is 14.6. The van der Waals surface area contributed by atoms with E-state index in [1.165, 1.54) is 23.5 Å². The maximum atomic E-state index is 14.6. The molecule has 0 amide bonds. The Hall–Kier alpha value is -3.51. The first-order valence-corrected chi connectivity index (χ1v) is 12.7. The van der Waals surface area contributed by atoms with Crippen LogP contribution in [0.15, 0.2) is 53.6 Å². The van der Waals surface area contributed by atoms with E-state index >= 15 is 0 Å². The molecule has 0 bridgehead atoms. The fraction of sp³-hybridized carbons (Fsp3) is 0.174. The summed E-state index contributed by atoms with van der Waals surface area (Å²) in [6, 6.07) is 8.08. The topological polar surface area (TPSA) is 96.9 Å². The van der Waals surface area contributed by atoms with Gasteiger partial charge in [0.15, 0.2) is 4.90 Å². The predicted molar refractivity (Wildman–Crippen MR) is 129 cm³/mol. The van der Waals surface area contributed by atoms with Crippen LogP contribution in [0.1, 0.15) is 24.8 Å². The highest BCUT2D eigenvalue weighted by Gasteiger charge is 2.26. The van der Waals surface area contributed by atoms with Crippen LogP contribution in [0.2, 0.25) is 0 Å². The van der Waals surface area contributed by atoms with Gasteiger partial charge < -0.3 is 5.32 Å². The largest absolute Gasteiger partial charge is 0.357 e. The maximum Gasteiger partial charge on any atom is 0.267 e. The molecule has 0 saturated heterocycles. The Bertz CT molecular complexity index is 1490. The van der Waals surface area contributed by atoms with Crippen LogP contribution in [0.3, 0.4) is 0 Å². The molecule has 12 heteroatoms. The average molecular weight is 520 g/mol. The zero-order chi connectivity index (χ0) is 25.3. The summed E-state index contributed by atoms with van der Waals surface area (Å²) in [5.41, 5.74) is 0.940. The van der Waals surface area contributed by atoms with Gasteiger partial charge in [0.05, 0.1) is 27.0 Å². The number of hydrogen-bond acceptors (Lipinski definition) is 7. The van der Waals surface area contributed by atoms with Gasteiger partial charge in [-0.2, -0.15) is 0 Å². The third-order valence-corrected chi connectivity index (χ3v) is 7.72. The highest BCUT2D eigenvalue weighted by atomic mass is 32.2. The van der Waals surface area contributed by atoms with Crippen LogP contribution >= 0.6 is 11.3 Å². The molecule has 2 aromatic carbocycles. The van der Waals surface area contributed by atoms with E-state index in [0.29, 0.717) is 27.8 Å². The van der Waals surface area contributed by atoms with E-state index in [1.54, 1.807) is 19.3 Å². The summed E-state index contributed by atoms with van der Waals surface area (Å²) in [6.07, 6.45) is 1.58. The Morgan fingerprint density at radius 1 is 0.971 bits per heavy atom. The second-order valence-electron chi connectivity index (χ2n) is 7.75. The van der Waals surface area contributed by atoms with Crippen molar-refractivity contribution in [1.29, 1.82) is 0 Å². The fourth-order valence-electron chi connectivity index (χ4n) is 3.24. The molecule has 0 aliphatic rings. The van der Waals surface area contributed by atoms with Crippen LogP contribution in [0.5, 0.6) is 0 Å². The zero-order valence-corrected chi connectivity index (χ0v) is 20.4. The Labute approximate surface area is 204 Å². The van der Waals surface area contributed by atoms with Gasteiger partial charge in [-0.25, -0.2) is 36.5 Å². The molecule has 0 fully saturated rings. The Morgan fingerprint density at radius 3 is 2.34 bits per heavy atom. The molecule has 0 atom stereocenters. The first-order chi connectivity index (χ1) is 16.6. The van der Waals surface area contributed by atoms with Crippen molar-refractivity contribution in [3.05, 3.63) is 71.1 Å². The first kappa shape index (κ1) is 24.6. The van der Waals surface area contributed by atoms with Gasteiger partial charge >= 0.3 is 0 Å². The van der Waals surface area contributed by atoms with Crippen molar-refractivity contribution in [3.63, 3.8) is 0 Å². The van der Waals surface area contributed by atoms with E-state index in [0.717, 1.165) is 29.3 Å². The van der Waals surface area contributed by atoms with Crippen LogP contribution in [0, 0.1) is 17.5 Å². The molecule has 182 valence electrons. The number of hydrogen-bond donors (Lipinski definition) is 2. The van der Waals surface area contributed by atoms with Gasteiger partial charge in [-0.15, -0.1) is 11.3 Å². The van der Waals surface area contributed by atoms with Crippen molar-refractivity contribution in [2.24, 2.45) is 0 Å². The van der Waals surface area contributed by atoms with E-state index in [1.807, 2.05) is 18.6 Å². The summed E-state index contributed by atoms with van der Waals surface area (Å²) in [4.78, 5) is 12.7. The van der Waals surface area contributed by atoms with Crippen LogP contribution in [0.4, 0.5) is 24.8 Å². The molecular weight excluding hydrogens is 499 g/mol. The van der Waals surface area contributed by atoms with Gasteiger partial charge in [-0.1, -0.05) is 19.9 Å². The number of sulfonamides is 1. The number of aromatic nitrogens is 3. The normalized spacial score (nSPS) is 11.6. The number of anilines is 2. The Balaban J connectivity index is 1.82. The van der Waals surface area contributed by atoms with Gasteiger partial charge in [-0.05, 0) is 36.4 Å². The Morgan fingerprint density at radius 2 is 1.69 bits per heavy atom. The minimum absolute atomic E-state index is 0.0839. The lowest BCUT2D eigenvalue weighted by Gasteiger charge is -2.12. The molecule has 0 aliphatic heterocycles. The Kier molecular flexibility index (Phi) is 6.77. The summed E-state index contributed by atoms with van der Waals surface area (Å²) >= 11 is 1.40. The molecule has 2 heterocycles. The van der Waals surface area contributed by atoms with Crippen molar-refractivity contribution in [2.45, 2.75) is 24.7 Å². The molecule has 2 N–H and O–H groups in total. The van der Waals surface area contributed by atoms with Crippen LogP contribution in [0.25, 0.3) is 21.8 Å². The van der Waals surface area contributed by atoms with E-state index in [9.17, 15) is 21.6 Å². The van der Waals surface area contributed by atoms with E-state index in [-0.39, 0.29) is 5.92 Å². The van der Waals surface area contributed by atoms with Crippen LogP contribution in [-0.4, -0.2) is 30.4 Å². The lowest BCUT2D eigenvalue weighted by Crippen LogP contribution is -2.17. The van der Waals surface area contributed by atoms with Crippen LogP contribution in [-0.2, 0) is 10.0 Å². The number of benzene rings is 2. The number of nitrogens with zero attached hydrogens (tertiary/aromatic N) is 3. The third kappa shape index (κ3) is 4.98. The van der Waals surface area contributed by atoms with Gasteiger partial charge in [0.25, 0.3) is 10.0 Å². The van der Waals surface area contributed by atoms with Crippen LogP contribution < -0.4 is 10.0 Å². The number of rotatable bonds is 7. The van der Waals surface area contributed by atoms with Crippen molar-refractivity contribution in [1.82, 2.24) is 15.0 Å². The minimum Gasteiger partial charge on any atom is -0.357 e. The van der Waals surface area contributed by atoms with Gasteiger partial charge in [0.2, 0.25) is 5.95 Å². The van der Waals surface area contributed by atoms with Gasteiger partial charge in [-0.3, -0.25) is 4.72 Å². The number of nitrogens with one attached hydrogen (secondary N) is 2. The highest BCUT2D eigenvalue weighted by Crippen LogP contribution is 2.39.